The number of rotatable bonds is 4. The summed E-state index contributed by atoms with van der Waals surface area (Å²) in [6, 6.07) is 10.9. The number of hydrogen-bond donors (Lipinski definition) is 1. The highest BCUT2D eigenvalue weighted by molar-refractivity contribution is 7.98. The van der Waals surface area contributed by atoms with E-state index in [4.69, 9.17) is 0 Å². The Morgan fingerprint density at radius 3 is 2.88 bits per heavy atom. The van der Waals surface area contributed by atoms with Crippen LogP contribution in [0.1, 0.15) is 12.5 Å². The molecule has 17 heavy (non-hydrogen) atoms. The molecule has 0 bridgehead atoms. The predicted octanol–water partition coefficient (Wildman–Crippen LogP) is 3.71. The van der Waals surface area contributed by atoms with Crippen LogP contribution in [0.15, 0.2) is 30.3 Å². The van der Waals surface area contributed by atoms with E-state index in [1.165, 1.54) is 10.9 Å². The van der Waals surface area contributed by atoms with Crippen molar-refractivity contribution in [1.82, 2.24) is 4.98 Å². The fraction of sp³-hybridized carbons (Fsp3) is 0.357. The van der Waals surface area contributed by atoms with Gasteiger partial charge in [0.2, 0.25) is 0 Å². The van der Waals surface area contributed by atoms with Crippen LogP contribution in [0.3, 0.4) is 0 Å². The Hall–Kier alpha value is -1.22. The van der Waals surface area contributed by atoms with Gasteiger partial charge in [-0.25, -0.2) is 4.98 Å². The van der Waals surface area contributed by atoms with Crippen molar-refractivity contribution in [1.29, 1.82) is 0 Å². The van der Waals surface area contributed by atoms with Crippen molar-refractivity contribution in [2.24, 2.45) is 0 Å². The first-order chi connectivity index (χ1) is 8.20. The van der Waals surface area contributed by atoms with Gasteiger partial charge in [-0.15, -0.1) is 0 Å². The van der Waals surface area contributed by atoms with Crippen molar-refractivity contribution in [2.75, 3.05) is 17.3 Å². The highest BCUT2D eigenvalue weighted by atomic mass is 32.2. The molecular weight excluding hydrogens is 228 g/mol. The summed E-state index contributed by atoms with van der Waals surface area (Å²) >= 11 is 1.85. The van der Waals surface area contributed by atoms with Crippen LogP contribution in [0, 0.1) is 6.92 Å². The fourth-order valence-corrected chi connectivity index (χ4v) is 2.48. The molecule has 0 saturated carbocycles. The monoisotopic (exact) mass is 246 g/mol. The topological polar surface area (TPSA) is 24.9 Å². The molecule has 3 heteroatoms. The number of aryl methyl sites for hydroxylation is 1. The van der Waals surface area contributed by atoms with Crippen molar-refractivity contribution in [3.05, 3.63) is 35.9 Å². The second-order valence-electron chi connectivity index (χ2n) is 4.35. The maximum atomic E-state index is 4.68. The molecule has 1 aromatic heterocycles. The Morgan fingerprint density at radius 1 is 1.35 bits per heavy atom. The van der Waals surface area contributed by atoms with Crippen LogP contribution in [0.2, 0.25) is 0 Å². The zero-order valence-corrected chi connectivity index (χ0v) is 11.3. The largest absolute Gasteiger partial charge is 0.367 e. The number of hydrogen-bond acceptors (Lipinski definition) is 3. The minimum absolute atomic E-state index is 0.442. The van der Waals surface area contributed by atoms with Gasteiger partial charge in [-0.1, -0.05) is 18.2 Å². The highest BCUT2D eigenvalue weighted by Gasteiger charge is 2.06. The van der Waals surface area contributed by atoms with Crippen molar-refractivity contribution in [3.63, 3.8) is 0 Å². The van der Waals surface area contributed by atoms with E-state index < -0.39 is 0 Å². The zero-order valence-electron chi connectivity index (χ0n) is 10.5. The normalized spacial score (nSPS) is 12.6. The third kappa shape index (κ3) is 2.91. The average Bonchev–Trinajstić information content (AvgIpc) is 2.30. The highest BCUT2D eigenvalue weighted by Crippen LogP contribution is 2.20. The molecule has 1 unspecified atom stereocenters. The maximum absolute atomic E-state index is 4.68. The quantitative estimate of drug-likeness (QED) is 0.890. The fourth-order valence-electron chi connectivity index (χ4n) is 1.89. The van der Waals surface area contributed by atoms with Gasteiger partial charge in [0.25, 0.3) is 0 Å². The summed E-state index contributed by atoms with van der Waals surface area (Å²) in [5.41, 5.74) is 2.26. The first kappa shape index (κ1) is 12.2. The number of thioether (sulfide) groups is 1. The van der Waals surface area contributed by atoms with Gasteiger partial charge in [0.1, 0.15) is 5.82 Å². The number of para-hydroxylation sites is 1. The molecule has 1 atom stereocenters. The Morgan fingerprint density at radius 2 is 2.12 bits per heavy atom. The zero-order chi connectivity index (χ0) is 12.3. The number of aromatic nitrogens is 1. The van der Waals surface area contributed by atoms with Crippen molar-refractivity contribution in [2.45, 2.75) is 19.9 Å². The molecule has 2 nitrogen and oxygen atoms in total. The van der Waals surface area contributed by atoms with E-state index in [9.17, 15) is 0 Å². The lowest BCUT2D eigenvalue weighted by Crippen LogP contribution is -2.19. The summed E-state index contributed by atoms with van der Waals surface area (Å²) in [6.45, 7) is 4.29. The van der Waals surface area contributed by atoms with Crippen molar-refractivity contribution < 1.29 is 0 Å². The molecule has 0 aliphatic carbocycles. The Balaban J connectivity index is 2.31. The van der Waals surface area contributed by atoms with Gasteiger partial charge in [-0.05, 0) is 37.8 Å². The second kappa shape index (κ2) is 5.41. The van der Waals surface area contributed by atoms with E-state index in [1.54, 1.807) is 0 Å². The first-order valence-corrected chi connectivity index (χ1v) is 7.22. The lowest BCUT2D eigenvalue weighted by Gasteiger charge is -2.15. The third-order valence-electron chi connectivity index (χ3n) is 2.71. The minimum atomic E-state index is 0.442. The van der Waals surface area contributed by atoms with Crippen LogP contribution in [0.4, 0.5) is 5.82 Å². The Labute approximate surface area is 107 Å². The number of nitrogens with zero attached hydrogens (tertiary/aromatic N) is 1. The van der Waals surface area contributed by atoms with Gasteiger partial charge in [0, 0.05) is 17.2 Å². The molecule has 0 fully saturated rings. The number of benzene rings is 1. The molecular formula is C14H18N2S. The summed E-state index contributed by atoms with van der Waals surface area (Å²) in [5, 5.41) is 4.67. The molecule has 0 saturated heterocycles. The Kier molecular flexibility index (Phi) is 3.89. The molecule has 1 heterocycles. The number of nitrogens with one attached hydrogen (secondary N) is 1. The molecule has 2 aromatic rings. The molecule has 1 aromatic carbocycles. The van der Waals surface area contributed by atoms with E-state index in [0.29, 0.717) is 6.04 Å². The van der Waals surface area contributed by atoms with E-state index in [0.717, 1.165) is 17.1 Å². The Bertz CT molecular complexity index is 511. The van der Waals surface area contributed by atoms with Crippen molar-refractivity contribution in [3.8, 4) is 0 Å². The van der Waals surface area contributed by atoms with Gasteiger partial charge in [-0.3, -0.25) is 0 Å². The van der Waals surface area contributed by atoms with Gasteiger partial charge < -0.3 is 5.32 Å². The van der Waals surface area contributed by atoms with E-state index in [-0.39, 0.29) is 0 Å². The smallest absolute Gasteiger partial charge is 0.129 e. The summed E-state index contributed by atoms with van der Waals surface area (Å²) < 4.78 is 0. The number of anilines is 1. The first-order valence-electron chi connectivity index (χ1n) is 5.82. The lowest BCUT2D eigenvalue weighted by atomic mass is 10.1. The van der Waals surface area contributed by atoms with Crippen LogP contribution in [-0.4, -0.2) is 23.0 Å². The van der Waals surface area contributed by atoms with Gasteiger partial charge in [0.15, 0.2) is 0 Å². The molecule has 0 radical (unpaired) electrons. The second-order valence-corrected chi connectivity index (χ2v) is 5.26. The van der Waals surface area contributed by atoms with Gasteiger partial charge in [0.05, 0.1) is 5.52 Å². The van der Waals surface area contributed by atoms with Gasteiger partial charge >= 0.3 is 0 Å². The molecule has 0 amide bonds. The van der Waals surface area contributed by atoms with Crippen LogP contribution in [0.25, 0.3) is 10.9 Å². The molecule has 2 rings (SSSR count). The van der Waals surface area contributed by atoms with E-state index in [2.05, 4.69) is 48.6 Å². The van der Waals surface area contributed by atoms with Crippen molar-refractivity contribution >= 4 is 28.5 Å². The van der Waals surface area contributed by atoms with Crippen LogP contribution in [0.5, 0.6) is 0 Å². The van der Waals surface area contributed by atoms with Gasteiger partial charge in [-0.2, -0.15) is 11.8 Å². The maximum Gasteiger partial charge on any atom is 0.129 e. The predicted molar refractivity (Wildman–Crippen MR) is 77.9 cm³/mol. The number of fused-ring (bicyclic) bond motifs is 1. The van der Waals surface area contributed by atoms with Crippen LogP contribution < -0.4 is 5.32 Å². The molecule has 1 N–H and O–H groups in total. The summed E-state index contributed by atoms with van der Waals surface area (Å²) in [7, 11) is 0. The minimum Gasteiger partial charge on any atom is -0.367 e. The molecule has 0 spiro atoms. The SMILES string of the molecule is CSCC(C)Nc1nc2ccccc2cc1C. The standard InChI is InChI=1S/C14H18N2S/c1-10-8-12-6-4-5-7-13(12)16-14(10)15-11(2)9-17-3/h4-8,11H,9H2,1-3H3,(H,15,16). The van der Waals surface area contributed by atoms with Crippen LogP contribution in [-0.2, 0) is 0 Å². The summed E-state index contributed by atoms with van der Waals surface area (Å²) in [4.78, 5) is 4.68. The number of pyridine rings is 1. The third-order valence-corrected chi connectivity index (χ3v) is 3.55. The molecule has 0 aliphatic heterocycles. The van der Waals surface area contributed by atoms with Crippen LogP contribution >= 0.6 is 11.8 Å². The summed E-state index contributed by atoms with van der Waals surface area (Å²) in [5.74, 6) is 2.10. The lowest BCUT2D eigenvalue weighted by molar-refractivity contribution is 0.902. The van der Waals surface area contributed by atoms with E-state index in [1.807, 2.05) is 23.9 Å². The molecule has 90 valence electrons. The average molecular weight is 246 g/mol. The molecule has 0 aliphatic rings. The summed E-state index contributed by atoms with van der Waals surface area (Å²) in [6.07, 6.45) is 2.12. The van der Waals surface area contributed by atoms with E-state index >= 15 is 0 Å².